The lowest BCUT2D eigenvalue weighted by Crippen LogP contribution is -2.24. The molecule has 0 unspecified atom stereocenters. The topological polar surface area (TPSA) is 111 Å². The maximum Gasteiger partial charge on any atom is 0.320 e. The number of nitrogen functional groups attached to an aromatic ring is 1. The number of amides is 2. The van der Waals surface area contributed by atoms with E-state index < -0.39 is 0 Å². The van der Waals surface area contributed by atoms with E-state index in [1.165, 1.54) is 17.7 Å². The number of nitrogens with one attached hydrogen (secondary N) is 2. The molecule has 3 heterocycles. The van der Waals surface area contributed by atoms with E-state index in [1.54, 1.807) is 7.05 Å². The number of nitrogens with two attached hydrogens (primary N) is 1. The van der Waals surface area contributed by atoms with Gasteiger partial charge in [-0.05, 0) is 31.5 Å². The minimum Gasteiger partial charge on any atom is -0.383 e. The van der Waals surface area contributed by atoms with Crippen molar-refractivity contribution in [3.8, 4) is 11.1 Å². The molecule has 0 atom stereocenters. The van der Waals surface area contributed by atoms with Crippen LogP contribution in [0.3, 0.4) is 0 Å². The Morgan fingerprint density at radius 1 is 1.30 bits per heavy atom. The van der Waals surface area contributed by atoms with Crippen LogP contribution in [0.5, 0.6) is 0 Å². The normalized spacial score (nSPS) is 11.4. The van der Waals surface area contributed by atoms with Gasteiger partial charge < -0.3 is 15.6 Å². The third-order valence-corrected chi connectivity index (χ3v) is 5.28. The van der Waals surface area contributed by atoms with E-state index in [-0.39, 0.29) is 12.1 Å². The van der Waals surface area contributed by atoms with Crippen LogP contribution in [0, 0.1) is 0 Å². The van der Waals surface area contributed by atoms with E-state index in [4.69, 9.17) is 5.73 Å². The third-order valence-electron chi connectivity index (χ3n) is 4.34. The van der Waals surface area contributed by atoms with Crippen LogP contribution in [0.25, 0.3) is 32.4 Å². The van der Waals surface area contributed by atoms with Crippen LogP contribution in [0.15, 0.2) is 30.7 Å². The number of nitrogens with zero attached hydrogens (tertiary/aromatic N) is 4. The molecule has 2 amide bonds. The van der Waals surface area contributed by atoms with E-state index in [0.717, 1.165) is 32.4 Å². The fraction of sp³-hybridized carbons (Fsp3) is 0.222. The van der Waals surface area contributed by atoms with Crippen LogP contribution >= 0.6 is 11.3 Å². The van der Waals surface area contributed by atoms with Crippen LogP contribution in [0.2, 0.25) is 0 Å². The Morgan fingerprint density at radius 3 is 2.85 bits per heavy atom. The van der Waals surface area contributed by atoms with Gasteiger partial charge >= 0.3 is 6.03 Å². The Bertz CT molecular complexity index is 1160. The molecule has 9 heteroatoms. The standard InChI is InChI=1S/C18H19N7OS/c1-9(2)25-7-11(14-15(19)21-8-22-16(14)25)10-4-5-12-13(6-10)27-18(23-12)24-17(26)20-3/h4-9H,1-3H3,(H2,19,21,22)(H2,20,23,24,26). The molecule has 0 spiro atoms. The molecule has 8 nitrogen and oxygen atoms in total. The monoisotopic (exact) mass is 381 g/mol. The maximum absolute atomic E-state index is 11.5. The highest BCUT2D eigenvalue weighted by Gasteiger charge is 2.17. The minimum atomic E-state index is -0.292. The van der Waals surface area contributed by atoms with Crippen molar-refractivity contribution in [1.82, 2.24) is 24.8 Å². The van der Waals surface area contributed by atoms with E-state index in [2.05, 4.69) is 50.2 Å². The Balaban J connectivity index is 1.86. The van der Waals surface area contributed by atoms with E-state index >= 15 is 0 Å². The molecule has 0 saturated carbocycles. The summed E-state index contributed by atoms with van der Waals surface area (Å²) in [4.78, 5) is 24.5. The Kier molecular flexibility index (Phi) is 4.15. The predicted molar refractivity (Wildman–Crippen MR) is 109 cm³/mol. The summed E-state index contributed by atoms with van der Waals surface area (Å²) < 4.78 is 3.07. The van der Waals surface area contributed by atoms with Crippen molar-refractivity contribution in [3.05, 3.63) is 30.7 Å². The van der Waals surface area contributed by atoms with Crippen LogP contribution in [0.1, 0.15) is 19.9 Å². The Hall–Kier alpha value is -3.20. The zero-order valence-corrected chi connectivity index (χ0v) is 16.0. The first-order chi connectivity index (χ1) is 13.0. The molecule has 0 aliphatic heterocycles. The van der Waals surface area contributed by atoms with Crippen molar-refractivity contribution in [2.24, 2.45) is 0 Å². The number of thiazole rings is 1. The van der Waals surface area contributed by atoms with Gasteiger partial charge in [-0.15, -0.1) is 0 Å². The zero-order chi connectivity index (χ0) is 19.1. The van der Waals surface area contributed by atoms with Gasteiger partial charge in [0.2, 0.25) is 0 Å². The average Bonchev–Trinajstić information content (AvgIpc) is 3.22. The van der Waals surface area contributed by atoms with Crippen molar-refractivity contribution in [3.63, 3.8) is 0 Å². The van der Waals surface area contributed by atoms with Crippen LogP contribution in [-0.2, 0) is 0 Å². The molecule has 4 N–H and O–H groups in total. The minimum absolute atomic E-state index is 0.242. The van der Waals surface area contributed by atoms with Gasteiger partial charge in [-0.1, -0.05) is 17.4 Å². The van der Waals surface area contributed by atoms with E-state index in [9.17, 15) is 4.79 Å². The van der Waals surface area contributed by atoms with Crippen molar-refractivity contribution in [1.29, 1.82) is 0 Å². The number of urea groups is 1. The fourth-order valence-corrected chi connectivity index (χ4v) is 3.93. The largest absolute Gasteiger partial charge is 0.383 e. The second kappa shape index (κ2) is 6.51. The molecule has 0 saturated heterocycles. The van der Waals surface area contributed by atoms with Crippen molar-refractivity contribution in [2.75, 3.05) is 18.1 Å². The van der Waals surface area contributed by atoms with E-state index in [1.807, 2.05) is 18.2 Å². The second-order valence-electron chi connectivity index (χ2n) is 6.41. The molecule has 4 rings (SSSR count). The molecule has 0 aliphatic rings. The number of hydrogen-bond acceptors (Lipinski definition) is 6. The van der Waals surface area contributed by atoms with E-state index in [0.29, 0.717) is 10.9 Å². The van der Waals surface area contributed by atoms with Gasteiger partial charge in [0.15, 0.2) is 5.13 Å². The lowest BCUT2D eigenvalue weighted by molar-refractivity contribution is 0.254. The summed E-state index contributed by atoms with van der Waals surface area (Å²) >= 11 is 1.42. The van der Waals surface area contributed by atoms with Gasteiger partial charge in [0, 0.05) is 24.8 Å². The molecule has 0 bridgehead atoms. The van der Waals surface area contributed by atoms with Gasteiger partial charge in [0.25, 0.3) is 0 Å². The predicted octanol–water partition coefficient (Wildman–Crippen LogP) is 3.62. The van der Waals surface area contributed by atoms with Crippen LogP contribution < -0.4 is 16.4 Å². The zero-order valence-electron chi connectivity index (χ0n) is 15.1. The summed E-state index contributed by atoms with van der Waals surface area (Å²) in [5, 5.41) is 6.63. The average molecular weight is 381 g/mol. The molecule has 0 radical (unpaired) electrons. The SMILES string of the molecule is CNC(=O)Nc1nc2ccc(-c3cn(C(C)C)c4ncnc(N)c34)cc2s1. The first-order valence-electron chi connectivity index (χ1n) is 8.48. The molecule has 0 fully saturated rings. The molecule has 138 valence electrons. The lowest BCUT2D eigenvalue weighted by Gasteiger charge is -2.07. The third kappa shape index (κ3) is 2.95. The first kappa shape index (κ1) is 17.2. The highest BCUT2D eigenvalue weighted by molar-refractivity contribution is 7.22. The Labute approximate surface area is 159 Å². The van der Waals surface area contributed by atoms with Crippen molar-refractivity contribution >= 4 is 49.6 Å². The number of benzene rings is 1. The highest BCUT2D eigenvalue weighted by Crippen LogP contribution is 2.37. The number of carbonyl (C=O) groups excluding carboxylic acids is 1. The quantitative estimate of drug-likeness (QED) is 0.502. The summed E-state index contributed by atoms with van der Waals surface area (Å²) in [7, 11) is 1.57. The molecular weight excluding hydrogens is 362 g/mol. The summed E-state index contributed by atoms with van der Waals surface area (Å²) in [6.45, 7) is 4.20. The molecular formula is C18H19N7OS. The first-order valence-corrected chi connectivity index (χ1v) is 9.30. The van der Waals surface area contributed by atoms with Gasteiger partial charge in [-0.3, -0.25) is 5.32 Å². The van der Waals surface area contributed by atoms with Gasteiger partial charge in [-0.2, -0.15) is 0 Å². The van der Waals surface area contributed by atoms with Crippen LogP contribution in [0.4, 0.5) is 15.7 Å². The van der Waals surface area contributed by atoms with Gasteiger partial charge in [0.05, 0.1) is 15.6 Å². The number of anilines is 2. The molecule has 27 heavy (non-hydrogen) atoms. The summed E-state index contributed by atoms with van der Waals surface area (Å²) in [5.41, 5.74) is 9.79. The number of rotatable bonds is 3. The molecule has 0 aliphatic carbocycles. The summed E-state index contributed by atoms with van der Waals surface area (Å²) in [6.07, 6.45) is 3.55. The fourth-order valence-electron chi connectivity index (χ4n) is 3.03. The van der Waals surface area contributed by atoms with Crippen molar-refractivity contribution < 1.29 is 4.79 Å². The maximum atomic E-state index is 11.5. The molecule has 3 aromatic heterocycles. The second-order valence-corrected chi connectivity index (χ2v) is 7.44. The van der Waals surface area contributed by atoms with Crippen LogP contribution in [-0.4, -0.2) is 32.6 Å². The number of carbonyl (C=O) groups is 1. The van der Waals surface area contributed by atoms with Gasteiger partial charge in [0.1, 0.15) is 17.8 Å². The van der Waals surface area contributed by atoms with Gasteiger partial charge in [-0.25, -0.2) is 19.7 Å². The lowest BCUT2D eigenvalue weighted by atomic mass is 10.1. The number of fused-ring (bicyclic) bond motifs is 2. The van der Waals surface area contributed by atoms with Crippen molar-refractivity contribution in [2.45, 2.75) is 19.9 Å². The smallest absolute Gasteiger partial charge is 0.320 e. The highest BCUT2D eigenvalue weighted by atomic mass is 32.1. The molecule has 1 aromatic carbocycles. The Morgan fingerprint density at radius 2 is 2.11 bits per heavy atom. The number of hydrogen-bond donors (Lipinski definition) is 3. The summed E-state index contributed by atoms with van der Waals surface area (Å²) in [5.74, 6) is 0.459. The summed E-state index contributed by atoms with van der Waals surface area (Å²) in [6, 6.07) is 5.94. The number of aromatic nitrogens is 4. The molecule has 4 aromatic rings.